The molecule has 3 fully saturated rings. The largest absolute Gasteiger partial charge is 0.497 e. The third kappa shape index (κ3) is 8.91. The van der Waals surface area contributed by atoms with Crippen LogP contribution in [0.1, 0.15) is 72.9 Å². The lowest BCUT2D eigenvalue weighted by molar-refractivity contribution is -0.143. The van der Waals surface area contributed by atoms with Gasteiger partial charge in [-0.05, 0) is 76.3 Å². The minimum absolute atomic E-state index is 0.136. The highest BCUT2D eigenvalue weighted by Crippen LogP contribution is 2.46. The van der Waals surface area contributed by atoms with E-state index in [9.17, 15) is 27.6 Å². The van der Waals surface area contributed by atoms with Crippen molar-refractivity contribution in [1.82, 2.24) is 30.2 Å². The van der Waals surface area contributed by atoms with E-state index in [1.165, 1.54) is 11.0 Å². The molecule has 282 valence electrons. The van der Waals surface area contributed by atoms with E-state index in [1.54, 1.807) is 73.0 Å². The van der Waals surface area contributed by atoms with Gasteiger partial charge in [-0.3, -0.25) is 29.1 Å². The maximum atomic E-state index is 14.5. The van der Waals surface area contributed by atoms with E-state index in [1.807, 2.05) is 12.1 Å². The number of methoxy groups -OCH3 is 1. The van der Waals surface area contributed by atoms with E-state index < -0.39 is 73.6 Å². The Kier molecular flexibility index (Phi) is 10.8. The van der Waals surface area contributed by atoms with Crippen LogP contribution in [0.25, 0.3) is 11.4 Å². The third-order valence-electron chi connectivity index (χ3n) is 9.51. The molecule has 14 nitrogen and oxygen atoms in total. The Balaban J connectivity index is 1.45. The lowest BCUT2D eigenvalue weighted by Crippen LogP contribution is -2.60. The molecular formula is C37H50N6O8S. The fourth-order valence-electron chi connectivity index (χ4n) is 6.55. The van der Waals surface area contributed by atoms with Crippen LogP contribution in [0, 0.1) is 17.3 Å². The van der Waals surface area contributed by atoms with E-state index in [0.29, 0.717) is 42.1 Å². The fourth-order valence-corrected chi connectivity index (χ4v) is 7.91. The lowest BCUT2D eigenvalue weighted by atomic mass is 9.85. The monoisotopic (exact) mass is 738 g/mol. The average Bonchev–Trinajstić information content (AvgIpc) is 3.99. The maximum absolute atomic E-state index is 14.5. The van der Waals surface area contributed by atoms with Crippen molar-refractivity contribution in [3.63, 3.8) is 0 Å². The van der Waals surface area contributed by atoms with Gasteiger partial charge in [-0.1, -0.05) is 32.9 Å². The Morgan fingerprint density at radius 1 is 1.10 bits per heavy atom. The summed E-state index contributed by atoms with van der Waals surface area (Å²) < 4.78 is 38.6. The van der Waals surface area contributed by atoms with Gasteiger partial charge in [-0.15, -0.1) is 6.58 Å². The Morgan fingerprint density at radius 2 is 1.81 bits per heavy atom. The van der Waals surface area contributed by atoms with Crippen LogP contribution < -0.4 is 20.1 Å². The standard InChI is InChI=1S/C37H50N6O8S/c1-9-23-20-37(23,33(46)42-52(48,49)26-13-14-26)41-31(44)29-17-22(16-24-18-25(50-8)19-28(39-24)27-12-10-11-15-38-27)21-43(29)32(45)30(35(2,3)4)40-34(47)51-36(5,6)7/h9-12,15,18-19,22-23,26,29-30H,1,13-14,16-17,20-21H2,2-8H3,(H,40,47)(H,41,44)(H,42,46)/t22-,23-,29+,30-,37-/m1/s1. The number of aromatic nitrogens is 2. The lowest BCUT2D eigenvalue weighted by Gasteiger charge is -2.36. The van der Waals surface area contributed by atoms with Crippen LogP contribution in [-0.4, -0.2) is 89.2 Å². The minimum atomic E-state index is -3.89. The molecule has 0 radical (unpaired) electrons. The van der Waals surface area contributed by atoms with Crippen LogP contribution in [-0.2, 0) is 35.6 Å². The van der Waals surface area contributed by atoms with Gasteiger partial charge < -0.3 is 25.0 Å². The second-order valence-electron chi connectivity index (χ2n) is 16.0. The highest BCUT2D eigenvalue weighted by Gasteiger charge is 2.62. The molecule has 2 saturated carbocycles. The highest BCUT2D eigenvalue weighted by atomic mass is 32.2. The quantitative estimate of drug-likeness (QED) is 0.272. The smallest absolute Gasteiger partial charge is 0.408 e. The van der Waals surface area contributed by atoms with Gasteiger partial charge in [0.05, 0.1) is 23.7 Å². The van der Waals surface area contributed by atoms with Crippen molar-refractivity contribution >= 4 is 33.8 Å². The number of nitrogens with zero attached hydrogens (tertiary/aromatic N) is 3. The van der Waals surface area contributed by atoms with Crippen molar-refractivity contribution in [2.75, 3.05) is 13.7 Å². The van der Waals surface area contributed by atoms with Crippen molar-refractivity contribution in [1.29, 1.82) is 0 Å². The first-order valence-electron chi connectivity index (χ1n) is 17.5. The summed E-state index contributed by atoms with van der Waals surface area (Å²) in [6.45, 7) is 14.5. The Labute approximate surface area is 305 Å². The first-order chi connectivity index (χ1) is 24.3. The number of likely N-dealkylation sites (tertiary alicyclic amines) is 1. The summed E-state index contributed by atoms with van der Waals surface area (Å²) in [5.74, 6) is -2.15. The van der Waals surface area contributed by atoms with Crippen molar-refractivity contribution in [2.24, 2.45) is 17.3 Å². The van der Waals surface area contributed by atoms with Crippen LogP contribution in [0.4, 0.5) is 4.79 Å². The molecule has 2 aromatic heterocycles. The summed E-state index contributed by atoms with van der Waals surface area (Å²) in [5, 5.41) is 4.92. The Hall–Kier alpha value is -4.53. The van der Waals surface area contributed by atoms with Crippen molar-refractivity contribution in [3.8, 4) is 17.1 Å². The predicted molar refractivity (Wildman–Crippen MR) is 193 cm³/mol. The molecule has 4 amide bonds. The second-order valence-corrected chi connectivity index (χ2v) is 18.0. The molecule has 52 heavy (non-hydrogen) atoms. The Morgan fingerprint density at radius 3 is 2.37 bits per heavy atom. The highest BCUT2D eigenvalue weighted by molar-refractivity contribution is 7.91. The number of carbonyl (C=O) groups is 4. The number of amides is 4. The predicted octanol–water partition coefficient (Wildman–Crippen LogP) is 3.52. The number of sulfonamides is 1. The normalized spacial score (nSPS) is 23.6. The van der Waals surface area contributed by atoms with Gasteiger partial charge in [-0.25, -0.2) is 13.2 Å². The summed E-state index contributed by atoms with van der Waals surface area (Å²) in [7, 11) is -2.33. The number of ether oxygens (including phenoxy) is 2. The molecule has 0 unspecified atom stereocenters. The molecule has 3 N–H and O–H groups in total. The number of carbonyl (C=O) groups excluding carboxylic acids is 4. The number of hydrogen-bond donors (Lipinski definition) is 3. The summed E-state index contributed by atoms with van der Waals surface area (Å²) in [6.07, 6.45) is 4.06. The molecule has 0 spiro atoms. The zero-order valence-corrected chi connectivity index (χ0v) is 31.7. The fraction of sp³-hybridized carbons (Fsp3) is 0.568. The van der Waals surface area contributed by atoms with Gasteiger partial charge in [0, 0.05) is 36.5 Å². The van der Waals surface area contributed by atoms with E-state index in [0.717, 1.165) is 0 Å². The van der Waals surface area contributed by atoms with Crippen LogP contribution in [0.15, 0.2) is 49.2 Å². The molecular weight excluding hydrogens is 689 g/mol. The zero-order valence-electron chi connectivity index (χ0n) is 30.9. The third-order valence-corrected chi connectivity index (χ3v) is 11.3. The van der Waals surface area contributed by atoms with Crippen LogP contribution >= 0.6 is 0 Å². The second kappa shape index (κ2) is 14.5. The molecule has 15 heteroatoms. The molecule has 3 heterocycles. The van der Waals surface area contributed by atoms with Gasteiger partial charge in [-0.2, -0.15) is 0 Å². The first kappa shape index (κ1) is 38.7. The van der Waals surface area contributed by atoms with Crippen molar-refractivity contribution in [3.05, 3.63) is 54.9 Å². The van der Waals surface area contributed by atoms with Gasteiger partial charge in [0.2, 0.25) is 21.8 Å². The molecule has 5 rings (SSSR count). The Bertz CT molecular complexity index is 1820. The number of nitrogens with one attached hydrogen (secondary N) is 3. The summed E-state index contributed by atoms with van der Waals surface area (Å²) in [6, 6.07) is 6.94. The number of hydrogen-bond acceptors (Lipinski definition) is 10. The molecule has 0 bridgehead atoms. The summed E-state index contributed by atoms with van der Waals surface area (Å²) in [4.78, 5) is 65.9. The first-order valence-corrected chi connectivity index (χ1v) is 19.1. The molecule has 5 atom stereocenters. The maximum Gasteiger partial charge on any atom is 0.408 e. The molecule has 1 saturated heterocycles. The van der Waals surface area contributed by atoms with Gasteiger partial charge in [0.1, 0.15) is 29.0 Å². The van der Waals surface area contributed by atoms with E-state index in [2.05, 4.69) is 26.9 Å². The molecule has 3 aliphatic rings. The minimum Gasteiger partial charge on any atom is -0.497 e. The van der Waals surface area contributed by atoms with Crippen molar-refractivity contribution < 1.29 is 37.1 Å². The molecule has 1 aliphatic heterocycles. The van der Waals surface area contributed by atoms with Crippen LogP contribution in [0.5, 0.6) is 5.75 Å². The molecule has 2 aromatic rings. The number of alkyl carbamates (subject to hydrolysis) is 1. The zero-order chi connectivity index (χ0) is 38.2. The topological polar surface area (TPSA) is 186 Å². The van der Waals surface area contributed by atoms with Crippen LogP contribution in [0.2, 0.25) is 0 Å². The van der Waals surface area contributed by atoms with E-state index in [4.69, 9.17) is 14.5 Å². The van der Waals surface area contributed by atoms with Gasteiger partial charge >= 0.3 is 6.09 Å². The molecule has 0 aromatic carbocycles. The summed E-state index contributed by atoms with van der Waals surface area (Å²) in [5.41, 5.74) is -1.23. The molecule has 2 aliphatic carbocycles. The van der Waals surface area contributed by atoms with E-state index in [-0.39, 0.29) is 25.3 Å². The average molecular weight is 739 g/mol. The van der Waals surface area contributed by atoms with Gasteiger partial charge in [0.25, 0.3) is 5.91 Å². The van der Waals surface area contributed by atoms with Gasteiger partial charge in [0.15, 0.2) is 0 Å². The van der Waals surface area contributed by atoms with Crippen molar-refractivity contribution in [2.45, 2.75) is 102 Å². The van der Waals surface area contributed by atoms with Crippen LogP contribution in [0.3, 0.4) is 0 Å². The van der Waals surface area contributed by atoms with E-state index >= 15 is 0 Å². The number of pyridine rings is 2. The summed E-state index contributed by atoms with van der Waals surface area (Å²) >= 11 is 0. The SMILES string of the molecule is C=C[C@@H]1C[C@]1(NC(=O)[C@@H]1C[C@@H](Cc2cc(OC)cc(-c3ccccn3)n2)CN1C(=O)[C@@H](NC(=O)OC(C)(C)C)C(C)(C)C)C(=O)NS(=O)(=O)C1CC1. The number of rotatable bonds is 12.